The van der Waals surface area contributed by atoms with Crippen molar-refractivity contribution in [3.05, 3.63) is 40.9 Å². The summed E-state index contributed by atoms with van der Waals surface area (Å²) in [4.78, 5) is 0. The van der Waals surface area contributed by atoms with E-state index in [0.717, 1.165) is 15.2 Å². The molecule has 0 aliphatic heterocycles. The van der Waals surface area contributed by atoms with Gasteiger partial charge in [0.2, 0.25) is 0 Å². The number of rotatable bonds is 2. The molecule has 0 aliphatic rings. The molecule has 0 fully saturated rings. The van der Waals surface area contributed by atoms with Gasteiger partial charge >= 0.3 is 11.4 Å². The standard InChI is InChI=1S/C10H7BrO3S/c11-8-4-5-9-7(6-8)2-1-3-10(9)14-15(12)13/h1-6H,(H,12,13). The van der Waals surface area contributed by atoms with Gasteiger partial charge in [0.1, 0.15) is 5.75 Å². The minimum Gasteiger partial charge on any atom is -0.379 e. The number of hydrogen-bond acceptors (Lipinski definition) is 2. The first-order valence-electron chi connectivity index (χ1n) is 4.14. The zero-order valence-corrected chi connectivity index (χ0v) is 9.92. The molecule has 0 saturated carbocycles. The van der Waals surface area contributed by atoms with Crippen LogP contribution in [0.1, 0.15) is 0 Å². The second-order valence-electron chi connectivity index (χ2n) is 2.92. The zero-order chi connectivity index (χ0) is 10.8. The van der Waals surface area contributed by atoms with Crippen molar-refractivity contribution in [1.82, 2.24) is 0 Å². The van der Waals surface area contributed by atoms with E-state index < -0.39 is 11.4 Å². The highest BCUT2D eigenvalue weighted by Crippen LogP contribution is 2.28. The Hall–Kier alpha value is -0.910. The third-order valence-electron chi connectivity index (χ3n) is 1.96. The predicted octanol–water partition coefficient (Wildman–Crippen LogP) is 3.12. The summed E-state index contributed by atoms with van der Waals surface area (Å²) in [7, 11) is 0. The Balaban J connectivity index is 2.60. The van der Waals surface area contributed by atoms with E-state index in [9.17, 15) is 4.21 Å². The number of halogens is 1. The third-order valence-corrected chi connectivity index (χ3v) is 2.78. The van der Waals surface area contributed by atoms with Crippen LogP contribution in [0.25, 0.3) is 10.8 Å². The van der Waals surface area contributed by atoms with E-state index in [1.807, 2.05) is 24.3 Å². The van der Waals surface area contributed by atoms with Crippen LogP contribution in [0.3, 0.4) is 0 Å². The fourth-order valence-corrected chi connectivity index (χ4v) is 2.05. The largest absolute Gasteiger partial charge is 0.379 e. The van der Waals surface area contributed by atoms with Crippen molar-refractivity contribution in [3.8, 4) is 5.75 Å². The molecule has 1 atom stereocenters. The van der Waals surface area contributed by atoms with Gasteiger partial charge in [0.25, 0.3) is 0 Å². The molecule has 0 spiro atoms. The maximum Gasteiger partial charge on any atom is 0.357 e. The maximum atomic E-state index is 10.6. The van der Waals surface area contributed by atoms with Crippen molar-refractivity contribution in [2.24, 2.45) is 0 Å². The molecule has 78 valence electrons. The predicted molar refractivity (Wildman–Crippen MR) is 63.0 cm³/mol. The molecule has 5 heteroatoms. The van der Waals surface area contributed by atoms with Crippen LogP contribution in [-0.4, -0.2) is 8.76 Å². The Morgan fingerprint density at radius 2 is 2.07 bits per heavy atom. The first kappa shape index (κ1) is 10.6. The van der Waals surface area contributed by atoms with Crippen LogP contribution >= 0.6 is 15.9 Å². The van der Waals surface area contributed by atoms with Gasteiger partial charge in [-0.05, 0) is 29.7 Å². The van der Waals surface area contributed by atoms with Gasteiger partial charge in [-0.3, -0.25) is 4.55 Å². The van der Waals surface area contributed by atoms with Gasteiger partial charge < -0.3 is 4.18 Å². The molecular weight excluding hydrogens is 280 g/mol. The third kappa shape index (κ3) is 2.37. The van der Waals surface area contributed by atoms with E-state index in [1.165, 1.54) is 0 Å². The summed E-state index contributed by atoms with van der Waals surface area (Å²) in [5.41, 5.74) is 0. The molecule has 0 radical (unpaired) electrons. The molecule has 1 N–H and O–H groups in total. The van der Waals surface area contributed by atoms with Gasteiger partial charge in [-0.1, -0.05) is 28.1 Å². The molecule has 2 rings (SSSR count). The van der Waals surface area contributed by atoms with Gasteiger partial charge in [-0.25, -0.2) is 0 Å². The van der Waals surface area contributed by atoms with Crippen LogP contribution < -0.4 is 4.18 Å². The Morgan fingerprint density at radius 1 is 1.27 bits per heavy atom. The first-order valence-corrected chi connectivity index (χ1v) is 5.97. The van der Waals surface area contributed by atoms with Crippen LogP contribution in [0.15, 0.2) is 40.9 Å². The molecule has 0 saturated heterocycles. The number of fused-ring (bicyclic) bond motifs is 1. The van der Waals surface area contributed by atoms with Crippen LogP contribution in [-0.2, 0) is 11.4 Å². The molecule has 0 aromatic heterocycles. The van der Waals surface area contributed by atoms with Gasteiger partial charge in [-0.15, -0.1) is 0 Å². The quantitative estimate of drug-likeness (QED) is 0.863. The fraction of sp³-hybridized carbons (Fsp3) is 0. The second-order valence-corrected chi connectivity index (χ2v) is 4.44. The molecule has 15 heavy (non-hydrogen) atoms. The molecular formula is C10H7BrO3S. The minimum absolute atomic E-state index is 0.404. The lowest BCUT2D eigenvalue weighted by Gasteiger charge is -2.04. The summed E-state index contributed by atoms with van der Waals surface area (Å²) in [6, 6.07) is 11.0. The number of hydrogen-bond donors (Lipinski definition) is 1. The highest BCUT2D eigenvalue weighted by molar-refractivity contribution is 9.10. The molecule has 2 aromatic rings. The van der Waals surface area contributed by atoms with Crippen molar-refractivity contribution in [2.45, 2.75) is 0 Å². The fourth-order valence-electron chi connectivity index (χ4n) is 1.37. The van der Waals surface area contributed by atoms with Gasteiger partial charge in [0, 0.05) is 9.86 Å². The maximum absolute atomic E-state index is 10.6. The molecule has 0 amide bonds. The van der Waals surface area contributed by atoms with Crippen molar-refractivity contribution >= 4 is 38.1 Å². The van der Waals surface area contributed by atoms with Gasteiger partial charge in [0.05, 0.1) is 0 Å². The molecule has 0 heterocycles. The zero-order valence-electron chi connectivity index (χ0n) is 7.51. The topological polar surface area (TPSA) is 46.5 Å². The summed E-state index contributed by atoms with van der Waals surface area (Å²) in [6.45, 7) is 0. The second kappa shape index (κ2) is 4.30. The highest BCUT2D eigenvalue weighted by atomic mass is 79.9. The summed E-state index contributed by atoms with van der Waals surface area (Å²) >= 11 is 1.07. The smallest absolute Gasteiger partial charge is 0.357 e. The van der Waals surface area contributed by atoms with Gasteiger partial charge in [0.15, 0.2) is 0 Å². The summed E-state index contributed by atoms with van der Waals surface area (Å²) in [5.74, 6) is 0.404. The lowest BCUT2D eigenvalue weighted by molar-refractivity contribution is 0.460. The Bertz CT molecular complexity index is 527. The first-order chi connectivity index (χ1) is 7.16. The van der Waals surface area contributed by atoms with Crippen LogP contribution in [0, 0.1) is 0 Å². The monoisotopic (exact) mass is 286 g/mol. The Kier molecular flexibility index (Phi) is 3.04. The van der Waals surface area contributed by atoms with E-state index in [0.29, 0.717) is 5.75 Å². The number of benzene rings is 2. The molecule has 1 unspecified atom stereocenters. The van der Waals surface area contributed by atoms with Crippen LogP contribution in [0.2, 0.25) is 0 Å². The van der Waals surface area contributed by atoms with Crippen molar-refractivity contribution < 1.29 is 12.9 Å². The molecule has 3 nitrogen and oxygen atoms in total. The average Bonchev–Trinajstić information content (AvgIpc) is 2.16. The lowest BCUT2D eigenvalue weighted by atomic mass is 10.1. The van der Waals surface area contributed by atoms with Crippen LogP contribution in [0.4, 0.5) is 0 Å². The SMILES string of the molecule is O=S(O)Oc1cccc2cc(Br)ccc12. The molecule has 0 bridgehead atoms. The van der Waals surface area contributed by atoms with Crippen LogP contribution in [0.5, 0.6) is 5.75 Å². The van der Waals surface area contributed by atoms with Crippen molar-refractivity contribution in [1.29, 1.82) is 0 Å². The minimum atomic E-state index is -2.29. The van der Waals surface area contributed by atoms with E-state index in [-0.39, 0.29) is 0 Å². The Morgan fingerprint density at radius 3 is 2.80 bits per heavy atom. The van der Waals surface area contributed by atoms with Crippen molar-refractivity contribution in [2.75, 3.05) is 0 Å². The molecule has 2 aromatic carbocycles. The Labute approximate surface area is 97.7 Å². The summed E-state index contributed by atoms with van der Waals surface area (Å²) in [5, 5.41) is 1.76. The van der Waals surface area contributed by atoms with E-state index in [1.54, 1.807) is 12.1 Å². The molecule has 0 aliphatic carbocycles. The van der Waals surface area contributed by atoms with Crippen molar-refractivity contribution in [3.63, 3.8) is 0 Å². The van der Waals surface area contributed by atoms with E-state index >= 15 is 0 Å². The summed E-state index contributed by atoms with van der Waals surface area (Å²) < 4.78 is 25.0. The average molecular weight is 287 g/mol. The van der Waals surface area contributed by atoms with E-state index in [4.69, 9.17) is 8.74 Å². The summed E-state index contributed by atoms with van der Waals surface area (Å²) in [6.07, 6.45) is 0. The van der Waals surface area contributed by atoms with Gasteiger partial charge in [-0.2, -0.15) is 4.21 Å². The lowest BCUT2D eigenvalue weighted by Crippen LogP contribution is -1.97. The van der Waals surface area contributed by atoms with E-state index in [2.05, 4.69) is 15.9 Å². The highest BCUT2D eigenvalue weighted by Gasteiger charge is 2.04. The normalized spacial score (nSPS) is 12.7.